The minimum Gasteiger partial charge on any atom is -0.394 e. The van der Waals surface area contributed by atoms with E-state index in [-0.39, 0.29) is 17.8 Å². The van der Waals surface area contributed by atoms with Gasteiger partial charge in [0.15, 0.2) is 0 Å². The summed E-state index contributed by atoms with van der Waals surface area (Å²) in [4.78, 5) is 10.3. The third kappa shape index (κ3) is 2.98. The zero-order chi connectivity index (χ0) is 13.8. The second-order valence-electron chi connectivity index (χ2n) is 4.53. The number of hydrogen-bond acceptors (Lipinski definition) is 4. The first-order valence-corrected chi connectivity index (χ1v) is 6.12. The minimum absolute atomic E-state index is 0.0377. The maximum atomic E-state index is 10.7. The highest BCUT2D eigenvalue weighted by Gasteiger charge is 2.25. The summed E-state index contributed by atoms with van der Waals surface area (Å²) in [6.07, 6.45) is 1.58. The van der Waals surface area contributed by atoms with Gasteiger partial charge in [0.1, 0.15) is 0 Å². The van der Waals surface area contributed by atoms with E-state index in [1.807, 2.05) is 13.8 Å². The number of nitrogens with one attached hydrogen (secondary N) is 1. The van der Waals surface area contributed by atoms with Crippen molar-refractivity contribution < 1.29 is 10.0 Å². The summed E-state index contributed by atoms with van der Waals surface area (Å²) < 4.78 is 0. The van der Waals surface area contributed by atoms with Crippen LogP contribution in [0.15, 0.2) is 18.2 Å². The lowest BCUT2D eigenvalue weighted by Crippen LogP contribution is -2.40. The van der Waals surface area contributed by atoms with Crippen LogP contribution in [0.4, 0.5) is 11.4 Å². The van der Waals surface area contributed by atoms with E-state index in [0.717, 1.165) is 18.5 Å². The molecular formula is C13H20N2O3. The van der Waals surface area contributed by atoms with Gasteiger partial charge in [-0.3, -0.25) is 10.1 Å². The lowest BCUT2D eigenvalue weighted by atomic mass is 9.93. The summed E-state index contributed by atoms with van der Waals surface area (Å²) in [7, 11) is 0. The summed E-state index contributed by atoms with van der Waals surface area (Å²) in [6.45, 7) is 5.76. The Bertz CT molecular complexity index is 420. The Morgan fingerprint density at radius 2 is 2.00 bits per heavy atom. The molecule has 5 nitrogen and oxygen atoms in total. The number of anilines is 1. The van der Waals surface area contributed by atoms with Crippen LogP contribution < -0.4 is 5.32 Å². The fourth-order valence-corrected chi connectivity index (χ4v) is 1.93. The largest absolute Gasteiger partial charge is 0.394 e. The molecule has 2 N–H and O–H groups in total. The van der Waals surface area contributed by atoms with Crippen LogP contribution in [0.25, 0.3) is 0 Å². The number of aliphatic hydroxyl groups excluding tert-OH is 1. The molecule has 18 heavy (non-hydrogen) atoms. The van der Waals surface area contributed by atoms with Crippen molar-refractivity contribution in [1.29, 1.82) is 0 Å². The van der Waals surface area contributed by atoms with Gasteiger partial charge in [0.05, 0.1) is 17.1 Å². The van der Waals surface area contributed by atoms with E-state index < -0.39 is 4.92 Å². The number of nitrogens with zero attached hydrogens (tertiary/aromatic N) is 1. The molecule has 0 heterocycles. The average Bonchev–Trinajstić information content (AvgIpc) is 2.36. The van der Waals surface area contributed by atoms with Gasteiger partial charge in [0.25, 0.3) is 5.69 Å². The van der Waals surface area contributed by atoms with Crippen LogP contribution in [-0.2, 0) is 0 Å². The van der Waals surface area contributed by atoms with Crippen LogP contribution in [0.3, 0.4) is 0 Å². The normalized spacial score (nSPS) is 11.3. The highest BCUT2D eigenvalue weighted by atomic mass is 16.6. The Balaban J connectivity index is 2.98. The van der Waals surface area contributed by atoms with Crippen LogP contribution in [0.1, 0.15) is 32.3 Å². The molecule has 0 bridgehead atoms. The maximum Gasteiger partial charge on any atom is 0.272 e. The lowest BCUT2D eigenvalue weighted by Gasteiger charge is -2.32. The van der Waals surface area contributed by atoms with E-state index in [4.69, 9.17) is 0 Å². The van der Waals surface area contributed by atoms with E-state index in [1.165, 1.54) is 6.07 Å². The third-order valence-corrected chi connectivity index (χ3v) is 3.46. The molecule has 1 rings (SSSR count). The molecule has 1 aromatic rings. The zero-order valence-electron chi connectivity index (χ0n) is 11.1. The molecule has 100 valence electrons. The maximum absolute atomic E-state index is 10.7. The summed E-state index contributed by atoms with van der Waals surface area (Å²) in [6, 6.07) is 4.92. The molecule has 5 heteroatoms. The van der Waals surface area contributed by atoms with Crippen molar-refractivity contribution in [3.05, 3.63) is 33.9 Å². The topological polar surface area (TPSA) is 75.4 Å². The van der Waals surface area contributed by atoms with Gasteiger partial charge in [-0.1, -0.05) is 13.8 Å². The molecule has 0 spiro atoms. The summed E-state index contributed by atoms with van der Waals surface area (Å²) in [5.74, 6) is 0. The SMILES string of the molecule is CCC(CC)(CO)Nc1ccc([N+](=O)[O-])c(C)c1. The molecule has 0 aliphatic rings. The third-order valence-electron chi connectivity index (χ3n) is 3.46. The summed E-state index contributed by atoms with van der Waals surface area (Å²) in [5.41, 5.74) is 1.17. The average molecular weight is 252 g/mol. The molecule has 0 unspecified atom stereocenters. The van der Waals surface area contributed by atoms with Crippen molar-refractivity contribution >= 4 is 11.4 Å². The van der Waals surface area contributed by atoms with Gasteiger partial charge in [-0.05, 0) is 31.9 Å². The molecule has 1 aromatic carbocycles. The molecule has 0 amide bonds. The van der Waals surface area contributed by atoms with Gasteiger partial charge in [0, 0.05) is 17.3 Å². The highest BCUT2D eigenvalue weighted by Crippen LogP contribution is 2.26. The lowest BCUT2D eigenvalue weighted by molar-refractivity contribution is -0.385. The molecule has 0 atom stereocenters. The van der Waals surface area contributed by atoms with Crippen LogP contribution in [-0.4, -0.2) is 22.2 Å². The van der Waals surface area contributed by atoms with E-state index in [1.54, 1.807) is 19.1 Å². The molecule has 0 aliphatic carbocycles. The monoisotopic (exact) mass is 252 g/mol. The Labute approximate surface area is 107 Å². The quantitative estimate of drug-likeness (QED) is 0.603. The van der Waals surface area contributed by atoms with Gasteiger partial charge in [-0.15, -0.1) is 0 Å². The first kappa shape index (κ1) is 14.4. The van der Waals surface area contributed by atoms with Crippen LogP contribution in [0.5, 0.6) is 0 Å². The molecule has 0 fully saturated rings. The van der Waals surface area contributed by atoms with Crippen molar-refractivity contribution in [2.75, 3.05) is 11.9 Å². The van der Waals surface area contributed by atoms with Crippen LogP contribution in [0.2, 0.25) is 0 Å². The standard InChI is InChI=1S/C13H20N2O3/c1-4-13(5-2,9-16)14-11-6-7-12(15(17)18)10(3)8-11/h6-8,14,16H,4-5,9H2,1-3H3. The van der Waals surface area contributed by atoms with Crippen molar-refractivity contribution in [2.45, 2.75) is 39.2 Å². The number of benzene rings is 1. The fourth-order valence-electron chi connectivity index (χ4n) is 1.93. The van der Waals surface area contributed by atoms with E-state index in [2.05, 4.69) is 5.32 Å². The molecular weight excluding hydrogens is 232 g/mol. The number of aliphatic hydroxyl groups is 1. The van der Waals surface area contributed by atoms with E-state index >= 15 is 0 Å². The Morgan fingerprint density at radius 3 is 2.39 bits per heavy atom. The van der Waals surface area contributed by atoms with Crippen molar-refractivity contribution in [1.82, 2.24) is 0 Å². The Morgan fingerprint density at radius 1 is 1.39 bits per heavy atom. The molecule has 0 aromatic heterocycles. The zero-order valence-corrected chi connectivity index (χ0v) is 11.1. The van der Waals surface area contributed by atoms with Crippen molar-refractivity contribution in [3.8, 4) is 0 Å². The van der Waals surface area contributed by atoms with Crippen molar-refractivity contribution in [3.63, 3.8) is 0 Å². The molecule has 0 radical (unpaired) electrons. The van der Waals surface area contributed by atoms with Gasteiger partial charge >= 0.3 is 0 Å². The number of rotatable bonds is 6. The fraction of sp³-hybridized carbons (Fsp3) is 0.538. The second-order valence-corrected chi connectivity index (χ2v) is 4.53. The predicted octanol–water partition coefficient (Wildman–Crippen LogP) is 2.87. The van der Waals surface area contributed by atoms with Crippen molar-refractivity contribution in [2.24, 2.45) is 0 Å². The first-order chi connectivity index (χ1) is 8.48. The molecule has 0 saturated heterocycles. The second kappa shape index (κ2) is 5.82. The van der Waals surface area contributed by atoms with Gasteiger partial charge < -0.3 is 10.4 Å². The highest BCUT2D eigenvalue weighted by molar-refractivity contribution is 5.54. The molecule has 0 aliphatic heterocycles. The summed E-state index contributed by atoms with van der Waals surface area (Å²) >= 11 is 0. The van der Waals surface area contributed by atoms with E-state index in [0.29, 0.717) is 5.56 Å². The number of nitro benzene ring substituents is 1. The first-order valence-electron chi connectivity index (χ1n) is 6.12. The van der Waals surface area contributed by atoms with Gasteiger partial charge in [-0.2, -0.15) is 0 Å². The van der Waals surface area contributed by atoms with Gasteiger partial charge in [-0.25, -0.2) is 0 Å². The smallest absolute Gasteiger partial charge is 0.272 e. The Kier molecular flexibility index (Phi) is 4.67. The molecule has 0 saturated carbocycles. The van der Waals surface area contributed by atoms with E-state index in [9.17, 15) is 15.2 Å². The minimum atomic E-state index is -0.391. The summed E-state index contributed by atoms with van der Waals surface area (Å²) in [5, 5.41) is 23.5. The number of hydrogen-bond donors (Lipinski definition) is 2. The predicted molar refractivity (Wildman–Crippen MR) is 71.9 cm³/mol. The number of aryl methyl sites for hydroxylation is 1. The van der Waals surface area contributed by atoms with Crippen LogP contribution in [0, 0.1) is 17.0 Å². The van der Waals surface area contributed by atoms with Crippen LogP contribution >= 0.6 is 0 Å². The Hall–Kier alpha value is -1.62. The van der Waals surface area contributed by atoms with Gasteiger partial charge in [0.2, 0.25) is 0 Å². The number of nitro groups is 1.